The quantitative estimate of drug-likeness (QED) is 0.810. The first kappa shape index (κ1) is 15.1. The molecule has 21 heavy (non-hydrogen) atoms. The second-order valence-corrected chi connectivity index (χ2v) is 5.00. The molecule has 1 unspecified atom stereocenters. The molecule has 0 spiro atoms. The molecule has 0 saturated carbocycles. The number of benzene rings is 2. The maximum atomic E-state index is 11.7. The maximum absolute atomic E-state index is 11.7. The topological polar surface area (TPSA) is 38.3 Å². The van der Waals surface area contributed by atoms with Gasteiger partial charge in [-0.25, -0.2) is 4.79 Å². The Bertz CT molecular complexity index is 540. The van der Waals surface area contributed by atoms with E-state index < -0.39 is 0 Å². The lowest BCUT2D eigenvalue weighted by Crippen LogP contribution is -2.27. The van der Waals surface area contributed by atoms with Gasteiger partial charge in [0, 0.05) is 0 Å². The van der Waals surface area contributed by atoms with Gasteiger partial charge in [0.15, 0.2) is 0 Å². The van der Waals surface area contributed by atoms with E-state index in [0.29, 0.717) is 6.61 Å². The fraction of sp³-hybridized carbons (Fsp3) is 0.278. The molecule has 2 aromatic rings. The average Bonchev–Trinajstić information content (AvgIpc) is 2.53. The van der Waals surface area contributed by atoms with Crippen LogP contribution in [0.1, 0.15) is 30.5 Å². The molecule has 1 amide bonds. The largest absolute Gasteiger partial charge is 0.450 e. The van der Waals surface area contributed by atoms with E-state index >= 15 is 0 Å². The molecular formula is C18H21NO2. The number of nitrogens with one attached hydrogen (secondary N) is 1. The highest BCUT2D eigenvalue weighted by molar-refractivity contribution is 5.67. The highest BCUT2D eigenvalue weighted by Crippen LogP contribution is 2.11. The van der Waals surface area contributed by atoms with Crippen molar-refractivity contribution in [1.29, 1.82) is 0 Å². The summed E-state index contributed by atoms with van der Waals surface area (Å²) in [5, 5.41) is 2.83. The van der Waals surface area contributed by atoms with Gasteiger partial charge in [-0.2, -0.15) is 0 Å². The summed E-state index contributed by atoms with van der Waals surface area (Å²) >= 11 is 0. The predicted octanol–water partition coefficient (Wildman–Crippen LogP) is 4.11. The SMILES string of the molecule is CC(NC(=O)OCCCc1ccccc1)c1ccccc1. The standard InChI is InChI=1S/C18H21NO2/c1-15(17-12-6-3-7-13-17)19-18(20)21-14-8-11-16-9-4-2-5-10-16/h2-7,9-10,12-13,15H,8,11,14H2,1H3,(H,19,20). The van der Waals surface area contributed by atoms with Gasteiger partial charge in [0.2, 0.25) is 0 Å². The number of ether oxygens (including phenoxy) is 1. The lowest BCUT2D eigenvalue weighted by atomic mass is 10.1. The Morgan fingerprint density at radius 2 is 1.67 bits per heavy atom. The van der Waals surface area contributed by atoms with Crippen molar-refractivity contribution >= 4 is 6.09 Å². The van der Waals surface area contributed by atoms with Gasteiger partial charge >= 0.3 is 6.09 Å². The molecule has 0 radical (unpaired) electrons. The summed E-state index contributed by atoms with van der Waals surface area (Å²) in [4.78, 5) is 11.7. The minimum atomic E-state index is -0.362. The molecule has 0 aliphatic carbocycles. The monoisotopic (exact) mass is 283 g/mol. The summed E-state index contributed by atoms with van der Waals surface area (Å²) in [6.07, 6.45) is 1.39. The Labute approximate surface area is 126 Å². The van der Waals surface area contributed by atoms with E-state index in [4.69, 9.17) is 4.74 Å². The molecule has 1 N–H and O–H groups in total. The number of hydrogen-bond donors (Lipinski definition) is 1. The van der Waals surface area contributed by atoms with Crippen LogP contribution in [-0.4, -0.2) is 12.7 Å². The summed E-state index contributed by atoms with van der Waals surface area (Å²) in [5.41, 5.74) is 2.33. The number of carbonyl (C=O) groups excluding carboxylic acids is 1. The van der Waals surface area contributed by atoms with Crippen LogP contribution in [0.5, 0.6) is 0 Å². The second-order valence-electron chi connectivity index (χ2n) is 5.00. The third-order valence-corrected chi connectivity index (χ3v) is 3.32. The Morgan fingerprint density at radius 3 is 2.33 bits per heavy atom. The van der Waals surface area contributed by atoms with Crippen LogP contribution in [0.15, 0.2) is 60.7 Å². The molecule has 3 heteroatoms. The molecule has 0 fully saturated rings. The number of aryl methyl sites for hydroxylation is 1. The van der Waals surface area contributed by atoms with E-state index in [1.54, 1.807) is 0 Å². The van der Waals surface area contributed by atoms with Crippen LogP contribution in [-0.2, 0) is 11.2 Å². The Balaban J connectivity index is 1.66. The Hall–Kier alpha value is -2.29. The van der Waals surface area contributed by atoms with E-state index in [9.17, 15) is 4.79 Å². The summed E-state index contributed by atoms with van der Waals surface area (Å²) in [7, 11) is 0. The summed E-state index contributed by atoms with van der Waals surface area (Å²) < 4.78 is 5.21. The van der Waals surface area contributed by atoms with Crippen molar-refractivity contribution in [3.63, 3.8) is 0 Å². The number of alkyl carbamates (subject to hydrolysis) is 1. The maximum Gasteiger partial charge on any atom is 0.407 e. The molecule has 0 aromatic heterocycles. The summed E-state index contributed by atoms with van der Waals surface area (Å²) in [5.74, 6) is 0. The van der Waals surface area contributed by atoms with E-state index in [1.165, 1.54) is 5.56 Å². The third-order valence-electron chi connectivity index (χ3n) is 3.32. The molecule has 0 heterocycles. The van der Waals surface area contributed by atoms with Crippen molar-refractivity contribution in [1.82, 2.24) is 5.32 Å². The molecule has 1 atom stereocenters. The summed E-state index contributed by atoms with van der Waals surface area (Å²) in [6.45, 7) is 2.38. The van der Waals surface area contributed by atoms with Crippen molar-refractivity contribution in [2.75, 3.05) is 6.61 Å². The van der Waals surface area contributed by atoms with Crippen LogP contribution < -0.4 is 5.32 Å². The highest BCUT2D eigenvalue weighted by Gasteiger charge is 2.09. The number of hydrogen-bond acceptors (Lipinski definition) is 2. The van der Waals surface area contributed by atoms with Crippen molar-refractivity contribution < 1.29 is 9.53 Å². The number of carbonyl (C=O) groups is 1. The van der Waals surface area contributed by atoms with Crippen molar-refractivity contribution in [3.05, 3.63) is 71.8 Å². The minimum Gasteiger partial charge on any atom is -0.450 e. The van der Waals surface area contributed by atoms with Crippen LogP contribution in [0.25, 0.3) is 0 Å². The van der Waals surface area contributed by atoms with E-state index in [1.807, 2.05) is 55.5 Å². The lowest BCUT2D eigenvalue weighted by Gasteiger charge is -2.14. The average molecular weight is 283 g/mol. The first-order chi connectivity index (χ1) is 10.3. The van der Waals surface area contributed by atoms with Gasteiger partial charge in [-0.1, -0.05) is 60.7 Å². The van der Waals surface area contributed by atoms with Crippen molar-refractivity contribution in [3.8, 4) is 0 Å². The molecule has 0 aliphatic rings. The minimum absolute atomic E-state index is 0.0483. The smallest absolute Gasteiger partial charge is 0.407 e. The molecular weight excluding hydrogens is 262 g/mol. The highest BCUT2D eigenvalue weighted by atomic mass is 16.5. The van der Waals surface area contributed by atoms with Crippen LogP contribution in [0.2, 0.25) is 0 Å². The molecule has 0 saturated heterocycles. The number of rotatable bonds is 6. The van der Waals surface area contributed by atoms with Gasteiger partial charge in [0.25, 0.3) is 0 Å². The van der Waals surface area contributed by atoms with Gasteiger partial charge in [-0.05, 0) is 30.9 Å². The van der Waals surface area contributed by atoms with E-state index in [2.05, 4.69) is 17.4 Å². The third kappa shape index (κ3) is 5.30. The molecule has 2 rings (SSSR count). The molecule has 0 bridgehead atoms. The fourth-order valence-corrected chi connectivity index (χ4v) is 2.13. The van der Waals surface area contributed by atoms with Crippen LogP contribution >= 0.6 is 0 Å². The van der Waals surface area contributed by atoms with Crippen molar-refractivity contribution in [2.24, 2.45) is 0 Å². The lowest BCUT2D eigenvalue weighted by molar-refractivity contribution is 0.141. The zero-order valence-electron chi connectivity index (χ0n) is 12.3. The van der Waals surface area contributed by atoms with Crippen LogP contribution in [0, 0.1) is 0 Å². The molecule has 0 aliphatic heterocycles. The van der Waals surface area contributed by atoms with Crippen molar-refractivity contribution in [2.45, 2.75) is 25.8 Å². The zero-order valence-corrected chi connectivity index (χ0v) is 12.3. The molecule has 110 valence electrons. The Kier molecular flexibility index (Phi) is 5.83. The summed E-state index contributed by atoms with van der Waals surface area (Å²) in [6, 6.07) is 20.0. The number of amides is 1. The zero-order chi connectivity index (χ0) is 14.9. The second kappa shape index (κ2) is 8.10. The Morgan fingerprint density at radius 1 is 1.05 bits per heavy atom. The van der Waals surface area contributed by atoms with E-state index in [-0.39, 0.29) is 12.1 Å². The van der Waals surface area contributed by atoms with Gasteiger partial charge < -0.3 is 10.1 Å². The van der Waals surface area contributed by atoms with Crippen LogP contribution in [0.4, 0.5) is 4.79 Å². The molecule has 2 aromatic carbocycles. The van der Waals surface area contributed by atoms with Gasteiger partial charge in [-0.3, -0.25) is 0 Å². The fourth-order valence-electron chi connectivity index (χ4n) is 2.13. The molecule has 3 nitrogen and oxygen atoms in total. The predicted molar refractivity (Wildman–Crippen MR) is 84.1 cm³/mol. The first-order valence-electron chi connectivity index (χ1n) is 7.28. The van der Waals surface area contributed by atoms with Crippen LogP contribution in [0.3, 0.4) is 0 Å². The van der Waals surface area contributed by atoms with Gasteiger partial charge in [-0.15, -0.1) is 0 Å². The first-order valence-corrected chi connectivity index (χ1v) is 7.28. The van der Waals surface area contributed by atoms with E-state index in [0.717, 1.165) is 18.4 Å². The van der Waals surface area contributed by atoms with Gasteiger partial charge in [0.1, 0.15) is 0 Å². The normalized spacial score (nSPS) is 11.7. The van der Waals surface area contributed by atoms with Gasteiger partial charge in [0.05, 0.1) is 12.6 Å².